The first-order valence-electron chi connectivity index (χ1n) is 1.05. The summed E-state index contributed by atoms with van der Waals surface area (Å²) in [6, 6.07) is 0. The lowest BCUT2D eigenvalue weighted by molar-refractivity contribution is 0.601. The lowest BCUT2D eigenvalue weighted by Crippen LogP contribution is -1.80. The Morgan fingerprint density at radius 1 is 2.00 bits per heavy atom. The van der Waals surface area contributed by atoms with Gasteiger partial charge in [0.1, 0.15) is 0 Å². The van der Waals surface area contributed by atoms with Crippen LogP contribution in [0.2, 0.25) is 0 Å². The summed E-state index contributed by atoms with van der Waals surface area (Å²) in [6.45, 7) is 3.13. The lowest BCUT2D eigenvalue weighted by Gasteiger charge is -1.66. The average Bonchev–Trinajstić information content (AvgIpc) is 1.38. The van der Waals surface area contributed by atoms with Gasteiger partial charge in [0, 0.05) is 0 Å². The van der Waals surface area contributed by atoms with E-state index in [4.69, 9.17) is 5.73 Å². The predicted molar refractivity (Wildman–Crippen MR) is 20.9 cm³/mol. The maximum atomic E-state index is 9.38. The third kappa shape index (κ3) is 3.64. The molecule has 0 aromatic heterocycles. The van der Waals surface area contributed by atoms with E-state index in [1.807, 2.05) is 0 Å². The van der Waals surface area contributed by atoms with Gasteiger partial charge in [-0.3, -0.25) is 4.57 Å². The Balaban J connectivity index is 3.20. The standard InChI is InChI=1S/C2H4NOP/c1-2(3)5-4/h1,3H2. The quantitative estimate of drug-likeness (QED) is 0.480. The largest absolute Gasteiger partial charge is 0.393 e. The van der Waals surface area contributed by atoms with Crippen molar-refractivity contribution in [3.8, 4) is 0 Å². The molecule has 0 aliphatic rings. The summed E-state index contributed by atoms with van der Waals surface area (Å²) in [5.74, 6) is 0. The van der Waals surface area contributed by atoms with Crippen molar-refractivity contribution < 1.29 is 4.57 Å². The highest BCUT2D eigenvalue weighted by molar-refractivity contribution is 7.29. The molecule has 0 aliphatic carbocycles. The van der Waals surface area contributed by atoms with E-state index in [9.17, 15) is 4.57 Å². The zero-order chi connectivity index (χ0) is 4.28. The minimum Gasteiger partial charge on any atom is -0.393 e. The molecule has 0 radical (unpaired) electrons. The van der Waals surface area contributed by atoms with Crippen LogP contribution in [0.1, 0.15) is 0 Å². The molecule has 0 spiro atoms. The van der Waals surface area contributed by atoms with Crippen LogP contribution in [0, 0.1) is 0 Å². The van der Waals surface area contributed by atoms with Crippen LogP contribution in [0.25, 0.3) is 0 Å². The summed E-state index contributed by atoms with van der Waals surface area (Å²) in [4.78, 5) is 0. The SMILES string of the molecule is C=C(N)P=O. The molecule has 0 atom stereocenters. The van der Waals surface area contributed by atoms with Crippen molar-refractivity contribution >= 4 is 8.46 Å². The maximum absolute atomic E-state index is 9.38. The van der Waals surface area contributed by atoms with Gasteiger partial charge >= 0.3 is 0 Å². The molecule has 5 heavy (non-hydrogen) atoms. The highest BCUT2D eigenvalue weighted by Gasteiger charge is 1.68. The third-order valence-corrected chi connectivity index (χ3v) is 0.352. The Morgan fingerprint density at radius 2 is 2.20 bits per heavy atom. The topological polar surface area (TPSA) is 43.1 Å². The van der Waals surface area contributed by atoms with Gasteiger partial charge in [-0.2, -0.15) is 0 Å². The minimum atomic E-state index is -0.170. The van der Waals surface area contributed by atoms with E-state index >= 15 is 0 Å². The highest BCUT2D eigenvalue weighted by atomic mass is 31.1. The molecular formula is C2H4NOP. The molecule has 0 heterocycles. The van der Waals surface area contributed by atoms with E-state index in [-0.39, 0.29) is 13.9 Å². The normalized spacial score (nSPS) is 8.00. The number of hydrogen-bond donors (Lipinski definition) is 1. The minimum absolute atomic E-state index is 0.170. The van der Waals surface area contributed by atoms with Gasteiger partial charge in [-0.15, -0.1) is 0 Å². The van der Waals surface area contributed by atoms with Crippen LogP contribution < -0.4 is 5.73 Å². The fourth-order valence-electron chi connectivity index (χ4n) is 0. The van der Waals surface area contributed by atoms with Crippen LogP contribution in [0.4, 0.5) is 0 Å². The summed E-state index contributed by atoms with van der Waals surface area (Å²) in [6.07, 6.45) is 0. The van der Waals surface area contributed by atoms with Crippen LogP contribution in [-0.4, -0.2) is 0 Å². The average molecular weight is 89.0 g/mol. The van der Waals surface area contributed by atoms with Gasteiger partial charge in [0.25, 0.3) is 0 Å². The molecule has 0 fully saturated rings. The Bertz CT molecular complexity index is 60.7. The molecule has 0 unspecified atom stereocenters. The van der Waals surface area contributed by atoms with Crippen molar-refractivity contribution in [1.82, 2.24) is 0 Å². The molecule has 0 rings (SSSR count). The van der Waals surface area contributed by atoms with Gasteiger partial charge in [-0.25, -0.2) is 0 Å². The number of hydrogen-bond acceptors (Lipinski definition) is 2. The summed E-state index contributed by atoms with van der Waals surface area (Å²) in [5, 5.41) is 0. The molecule has 0 amide bonds. The molecule has 0 aromatic rings. The van der Waals surface area contributed by atoms with Crippen molar-refractivity contribution in [2.45, 2.75) is 0 Å². The van der Waals surface area contributed by atoms with E-state index in [0.717, 1.165) is 0 Å². The molecule has 0 aromatic carbocycles. The first kappa shape index (κ1) is 4.64. The first-order chi connectivity index (χ1) is 2.27. The zero-order valence-electron chi connectivity index (χ0n) is 2.64. The van der Waals surface area contributed by atoms with Crippen molar-refractivity contribution in [3.05, 3.63) is 12.0 Å². The summed E-state index contributed by atoms with van der Waals surface area (Å²) >= 11 is 0. The maximum Gasteiger partial charge on any atom is 0.209 e. The van der Waals surface area contributed by atoms with Crippen molar-refractivity contribution in [3.63, 3.8) is 0 Å². The molecule has 28 valence electrons. The first-order valence-corrected chi connectivity index (χ1v) is 1.86. The van der Waals surface area contributed by atoms with Crippen LogP contribution in [-0.2, 0) is 4.57 Å². The summed E-state index contributed by atoms with van der Waals surface area (Å²) in [5.41, 5.74) is 4.94. The lowest BCUT2D eigenvalue weighted by atomic mass is 11.1. The van der Waals surface area contributed by atoms with Crippen molar-refractivity contribution in [2.24, 2.45) is 5.73 Å². The number of rotatable bonds is 1. The van der Waals surface area contributed by atoms with Gasteiger partial charge in [0.2, 0.25) is 8.46 Å². The molecular weight excluding hydrogens is 85.0 g/mol. The van der Waals surface area contributed by atoms with Gasteiger partial charge in [0.15, 0.2) is 0 Å². The van der Waals surface area contributed by atoms with E-state index in [0.29, 0.717) is 0 Å². The summed E-state index contributed by atoms with van der Waals surface area (Å²) in [7, 11) is -0.170. The van der Waals surface area contributed by atoms with E-state index < -0.39 is 0 Å². The van der Waals surface area contributed by atoms with Crippen molar-refractivity contribution in [2.75, 3.05) is 0 Å². The molecule has 0 aliphatic heterocycles. The van der Waals surface area contributed by atoms with Crippen LogP contribution in [0.5, 0.6) is 0 Å². The Hall–Kier alpha value is -0.360. The Kier molecular flexibility index (Phi) is 1.78. The fourth-order valence-corrected chi connectivity index (χ4v) is 0. The molecule has 2 N–H and O–H groups in total. The molecule has 2 nitrogen and oxygen atoms in total. The second-order valence-corrected chi connectivity index (χ2v) is 1.34. The van der Waals surface area contributed by atoms with Crippen molar-refractivity contribution in [1.29, 1.82) is 0 Å². The fraction of sp³-hybridized carbons (Fsp3) is 0. The molecule has 0 saturated carbocycles. The van der Waals surface area contributed by atoms with E-state index in [1.54, 1.807) is 0 Å². The van der Waals surface area contributed by atoms with Crippen LogP contribution >= 0.6 is 8.46 Å². The molecule has 0 bridgehead atoms. The van der Waals surface area contributed by atoms with Crippen LogP contribution in [0.3, 0.4) is 0 Å². The second-order valence-electron chi connectivity index (χ2n) is 0.583. The summed E-state index contributed by atoms with van der Waals surface area (Å²) < 4.78 is 9.38. The van der Waals surface area contributed by atoms with E-state index in [1.165, 1.54) is 0 Å². The monoisotopic (exact) mass is 89.0 g/mol. The zero-order valence-corrected chi connectivity index (χ0v) is 3.53. The second kappa shape index (κ2) is 1.91. The van der Waals surface area contributed by atoms with Gasteiger partial charge in [-0.05, 0) is 0 Å². The van der Waals surface area contributed by atoms with Gasteiger partial charge in [0.05, 0.1) is 5.44 Å². The van der Waals surface area contributed by atoms with Crippen LogP contribution in [0.15, 0.2) is 12.0 Å². The smallest absolute Gasteiger partial charge is 0.209 e. The third-order valence-electron chi connectivity index (χ3n) is 0.117. The predicted octanol–water partition coefficient (Wildman–Crippen LogP) is 0.708. The number of nitrogens with two attached hydrogens (primary N) is 1. The van der Waals surface area contributed by atoms with Gasteiger partial charge in [-0.1, -0.05) is 6.58 Å². The Morgan fingerprint density at radius 3 is 2.20 bits per heavy atom. The highest BCUT2D eigenvalue weighted by Crippen LogP contribution is 1.95. The van der Waals surface area contributed by atoms with E-state index in [2.05, 4.69) is 6.58 Å². The Labute approximate surface area is 31.9 Å². The molecule has 3 heteroatoms. The van der Waals surface area contributed by atoms with Gasteiger partial charge < -0.3 is 5.73 Å². The molecule has 0 saturated heterocycles.